The number of hydrogen-bond acceptors (Lipinski definition) is 6. The van der Waals surface area contributed by atoms with E-state index in [-0.39, 0.29) is 18.6 Å². The second-order valence-electron chi connectivity index (χ2n) is 7.36. The zero-order valence-electron chi connectivity index (χ0n) is 17.2. The van der Waals surface area contributed by atoms with Gasteiger partial charge < -0.3 is 18.9 Å². The minimum atomic E-state index is -0.229. The number of carbonyl (C=O) groups excluding carboxylic acids is 1. The summed E-state index contributed by atoms with van der Waals surface area (Å²) in [5, 5.41) is 4.14. The number of likely N-dealkylation sites (tertiary alicyclic amines) is 1. The van der Waals surface area contributed by atoms with Crippen molar-refractivity contribution >= 4 is 5.91 Å². The molecule has 156 valence electrons. The molecule has 2 aromatic carbocycles. The topological polar surface area (TPSA) is 77.7 Å². The van der Waals surface area contributed by atoms with Gasteiger partial charge in [0.05, 0.1) is 18.7 Å². The van der Waals surface area contributed by atoms with E-state index in [4.69, 9.17) is 14.0 Å². The van der Waals surface area contributed by atoms with Crippen molar-refractivity contribution in [1.82, 2.24) is 15.0 Å². The summed E-state index contributed by atoms with van der Waals surface area (Å²) in [6.07, 6.45) is 2.74. The lowest BCUT2D eigenvalue weighted by molar-refractivity contribution is 0.0593. The molecule has 3 aromatic rings. The Morgan fingerprint density at radius 1 is 1.17 bits per heavy atom. The van der Waals surface area contributed by atoms with Gasteiger partial charge in [-0.1, -0.05) is 35.0 Å². The Balaban J connectivity index is 1.49. The Kier molecular flexibility index (Phi) is 5.97. The maximum absolute atomic E-state index is 13.2. The lowest BCUT2D eigenvalue weighted by Gasteiger charge is -2.34. The van der Waals surface area contributed by atoms with Gasteiger partial charge in [-0.25, -0.2) is 0 Å². The van der Waals surface area contributed by atoms with Gasteiger partial charge in [0.25, 0.3) is 11.8 Å². The molecule has 1 atom stereocenters. The van der Waals surface area contributed by atoms with Crippen LogP contribution in [-0.4, -0.2) is 34.6 Å². The lowest BCUT2D eigenvalue weighted by Crippen LogP contribution is -2.39. The number of aryl methyl sites for hydroxylation is 1. The summed E-state index contributed by atoms with van der Waals surface area (Å²) in [6, 6.07) is 14.8. The number of ether oxygens (including phenoxy) is 2. The van der Waals surface area contributed by atoms with Crippen LogP contribution in [-0.2, 0) is 6.61 Å². The summed E-state index contributed by atoms with van der Waals surface area (Å²) in [7, 11) is 1.57. The van der Waals surface area contributed by atoms with Gasteiger partial charge in [-0.2, -0.15) is 4.98 Å². The van der Waals surface area contributed by atoms with Crippen LogP contribution >= 0.6 is 0 Å². The van der Waals surface area contributed by atoms with Crippen LogP contribution in [0.4, 0.5) is 0 Å². The molecular weight excluding hydrogens is 382 g/mol. The fourth-order valence-electron chi connectivity index (χ4n) is 3.66. The number of amides is 1. The second kappa shape index (κ2) is 8.98. The molecule has 0 spiro atoms. The van der Waals surface area contributed by atoms with E-state index in [9.17, 15) is 4.79 Å². The number of methoxy groups -OCH3 is 1. The SMILES string of the molecule is COc1ccccc1C(=O)N1CCCCC1c1noc(COc2ccc(C)cc2)n1. The molecule has 7 heteroatoms. The maximum atomic E-state index is 13.2. The van der Waals surface area contributed by atoms with Crippen LogP contribution in [0, 0.1) is 6.92 Å². The van der Waals surface area contributed by atoms with Crippen molar-refractivity contribution in [2.45, 2.75) is 38.8 Å². The Hall–Kier alpha value is -3.35. The van der Waals surface area contributed by atoms with Crippen molar-refractivity contribution in [3.05, 3.63) is 71.4 Å². The van der Waals surface area contributed by atoms with E-state index in [1.165, 1.54) is 5.56 Å². The summed E-state index contributed by atoms with van der Waals surface area (Å²) in [6.45, 7) is 2.85. The highest BCUT2D eigenvalue weighted by atomic mass is 16.5. The summed E-state index contributed by atoms with van der Waals surface area (Å²) in [4.78, 5) is 19.6. The maximum Gasteiger partial charge on any atom is 0.264 e. The molecule has 1 fully saturated rings. The number of hydrogen-bond donors (Lipinski definition) is 0. The molecule has 0 bridgehead atoms. The third-order valence-electron chi connectivity index (χ3n) is 5.27. The normalized spacial score (nSPS) is 16.3. The number of aromatic nitrogens is 2. The van der Waals surface area contributed by atoms with E-state index in [1.807, 2.05) is 48.2 Å². The Bertz CT molecular complexity index is 1000. The first-order chi connectivity index (χ1) is 14.7. The average Bonchev–Trinajstić information content (AvgIpc) is 3.27. The average molecular weight is 407 g/mol. The van der Waals surface area contributed by atoms with Gasteiger partial charge in [-0.15, -0.1) is 0 Å². The number of carbonyl (C=O) groups is 1. The van der Waals surface area contributed by atoms with Gasteiger partial charge >= 0.3 is 0 Å². The first kappa shape index (κ1) is 19.9. The minimum absolute atomic E-state index is 0.0839. The Morgan fingerprint density at radius 2 is 1.97 bits per heavy atom. The minimum Gasteiger partial charge on any atom is -0.496 e. The van der Waals surface area contributed by atoms with Gasteiger partial charge in [0.1, 0.15) is 11.5 Å². The molecule has 4 rings (SSSR count). The zero-order chi connectivity index (χ0) is 20.9. The van der Waals surface area contributed by atoms with E-state index in [2.05, 4.69) is 10.1 Å². The Morgan fingerprint density at radius 3 is 2.77 bits per heavy atom. The van der Waals surface area contributed by atoms with Crippen molar-refractivity contribution in [1.29, 1.82) is 0 Å². The van der Waals surface area contributed by atoms with Crippen LogP contribution in [0.1, 0.15) is 52.9 Å². The van der Waals surface area contributed by atoms with Crippen LogP contribution < -0.4 is 9.47 Å². The molecule has 0 aliphatic carbocycles. The van der Waals surface area contributed by atoms with Crippen LogP contribution in [0.5, 0.6) is 11.5 Å². The highest BCUT2D eigenvalue weighted by Gasteiger charge is 2.33. The van der Waals surface area contributed by atoms with E-state index in [0.717, 1.165) is 25.0 Å². The van der Waals surface area contributed by atoms with Crippen molar-refractivity contribution in [2.75, 3.05) is 13.7 Å². The number of para-hydroxylation sites is 1. The van der Waals surface area contributed by atoms with Crippen molar-refractivity contribution in [3.63, 3.8) is 0 Å². The van der Waals surface area contributed by atoms with Crippen molar-refractivity contribution in [2.24, 2.45) is 0 Å². The molecule has 0 saturated carbocycles. The fourth-order valence-corrected chi connectivity index (χ4v) is 3.66. The molecule has 1 saturated heterocycles. The highest BCUT2D eigenvalue weighted by molar-refractivity contribution is 5.97. The van der Waals surface area contributed by atoms with Crippen LogP contribution in [0.25, 0.3) is 0 Å². The molecule has 30 heavy (non-hydrogen) atoms. The predicted octanol–water partition coefficient (Wildman–Crippen LogP) is 4.33. The molecule has 7 nitrogen and oxygen atoms in total. The number of benzene rings is 2. The van der Waals surface area contributed by atoms with Gasteiger partial charge in [0.15, 0.2) is 12.4 Å². The molecule has 1 amide bonds. The molecule has 1 aromatic heterocycles. The van der Waals surface area contributed by atoms with E-state index >= 15 is 0 Å². The zero-order valence-corrected chi connectivity index (χ0v) is 17.2. The van der Waals surface area contributed by atoms with E-state index in [1.54, 1.807) is 19.2 Å². The molecule has 1 aliphatic heterocycles. The molecule has 0 N–H and O–H groups in total. The first-order valence-electron chi connectivity index (χ1n) is 10.1. The standard InChI is InChI=1S/C23H25N3O4/c1-16-10-12-17(13-11-16)29-15-21-24-22(25-30-21)19-8-5-6-14-26(19)23(27)18-7-3-4-9-20(18)28-2/h3-4,7,9-13,19H,5-6,8,14-15H2,1-2H3. The second-order valence-corrected chi connectivity index (χ2v) is 7.36. The van der Waals surface area contributed by atoms with Gasteiger partial charge in [-0.3, -0.25) is 4.79 Å². The number of rotatable bonds is 6. The third kappa shape index (κ3) is 4.30. The summed E-state index contributed by atoms with van der Waals surface area (Å²) in [5.74, 6) is 2.12. The van der Waals surface area contributed by atoms with Crippen LogP contribution in [0.3, 0.4) is 0 Å². The van der Waals surface area contributed by atoms with Crippen LogP contribution in [0.2, 0.25) is 0 Å². The number of nitrogens with zero attached hydrogens (tertiary/aromatic N) is 3. The first-order valence-corrected chi connectivity index (χ1v) is 10.1. The van der Waals surface area contributed by atoms with E-state index < -0.39 is 0 Å². The van der Waals surface area contributed by atoms with Crippen molar-refractivity contribution < 1.29 is 18.8 Å². The van der Waals surface area contributed by atoms with Gasteiger partial charge in [0.2, 0.25) is 0 Å². The lowest BCUT2D eigenvalue weighted by atomic mass is 10.00. The highest BCUT2D eigenvalue weighted by Crippen LogP contribution is 2.32. The fraction of sp³-hybridized carbons (Fsp3) is 0.348. The molecular formula is C23H25N3O4. The Labute approximate surface area is 175 Å². The van der Waals surface area contributed by atoms with Crippen LogP contribution in [0.15, 0.2) is 53.1 Å². The smallest absolute Gasteiger partial charge is 0.264 e. The van der Waals surface area contributed by atoms with Gasteiger partial charge in [0, 0.05) is 6.54 Å². The third-order valence-corrected chi connectivity index (χ3v) is 5.27. The van der Waals surface area contributed by atoms with E-state index in [0.29, 0.717) is 29.6 Å². The predicted molar refractivity (Wildman–Crippen MR) is 110 cm³/mol. The quantitative estimate of drug-likeness (QED) is 0.605. The number of piperidine rings is 1. The summed E-state index contributed by atoms with van der Waals surface area (Å²) < 4.78 is 16.5. The monoisotopic (exact) mass is 407 g/mol. The van der Waals surface area contributed by atoms with Gasteiger partial charge in [-0.05, 0) is 50.5 Å². The largest absolute Gasteiger partial charge is 0.496 e. The molecule has 2 heterocycles. The van der Waals surface area contributed by atoms with Crippen molar-refractivity contribution in [3.8, 4) is 11.5 Å². The molecule has 1 aliphatic rings. The molecule has 0 radical (unpaired) electrons. The summed E-state index contributed by atoms with van der Waals surface area (Å²) >= 11 is 0. The molecule has 1 unspecified atom stereocenters. The summed E-state index contributed by atoms with van der Waals surface area (Å²) in [5.41, 5.74) is 1.71.